The van der Waals surface area contributed by atoms with Crippen LogP contribution in [-0.2, 0) is 0 Å². The summed E-state index contributed by atoms with van der Waals surface area (Å²) in [5, 5.41) is 13.0. The number of nitrogens with one attached hydrogen (secondary N) is 1. The van der Waals surface area contributed by atoms with Crippen LogP contribution >= 0.6 is 0 Å². The van der Waals surface area contributed by atoms with Gasteiger partial charge in [-0.1, -0.05) is 0 Å². The minimum Gasteiger partial charge on any atom is -0.387 e. The summed E-state index contributed by atoms with van der Waals surface area (Å²) in [6.07, 6.45) is 0.920. The van der Waals surface area contributed by atoms with Gasteiger partial charge in [0.15, 0.2) is 0 Å². The lowest BCUT2D eigenvalue weighted by Crippen LogP contribution is -2.60. The summed E-state index contributed by atoms with van der Waals surface area (Å²) in [5.74, 6) is 0. The summed E-state index contributed by atoms with van der Waals surface area (Å²) in [5.41, 5.74) is -0.399. The van der Waals surface area contributed by atoms with Gasteiger partial charge in [-0.3, -0.25) is 0 Å². The third-order valence-electron chi connectivity index (χ3n) is 3.40. The molecule has 2 aliphatic rings. The van der Waals surface area contributed by atoms with Crippen molar-refractivity contribution in [2.45, 2.75) is 12.0 Å². The molecule has 2 N–H and O–H groups in total. The number of aliphatic hydroxyl groups is 1. The fraction of sp³-hybridized carbons (Fsp3) is 1.00. The lowest BCUT2D eigenvalue weighted by molar-refractivity contribution is -0.0265. The first-order valence-corrected chi connectivity index (χ1v) is 5.52. The molecule has 2 rings (SSSR count). The standard InChI is InChI=1S/C10H21N3O/c1-12-4-6-13(7-5-12)3-2-10(14)8-11-9-10/h11,14H,2-9H2,1H3. The zero-order valence-electron chi connectivity index (χ0n) is 9.00. The third-order valence-corrected chi connectivity index (χ3v) is 3.40. The number of likely N-dealkylation sites (N-methyl/N-ethyl adjacent to an activating group) is 1. The second-order valence-corrected chi connectivity index (χ2v) is 4.72. The van der Waals surface area contributed by atoms with E-state index in [0.717, 1.165) is 52.2 Å². The topological polar surface area (TPSA) is 38.7 Å². The Kier molecular flexibility index (Phi) is 3.07. The van der Waals surface area contributed by atoms with Crippen molar-refractivity contribution in [1.29, 1.82) is 0 Å². The molecule has 14 heavy (non-hydrogen) atoms. The maximum absolute atomic E-state index is 9.89. The Morgan fingerprint density at radius 3 is 2.36 bits per heavy atom. The smallest absolute Gasteiger partial charge is 0.0907 e. The molecule has 0 bridgehead atoms. The lowest BCUT2D eigenvalue weighted by atomic mass is 9.93. The lowest BCUT2D eigenvalue weighted by Gasteiger charge is -2.40. The molecule has 82 valence electrons. The van der Waals surface area contributed by atoms with Crippen LogP contribution in [-0.4, -0.2) is 73.4 Å². The van der Waals surface area contributed by atoms with E-state index in [9.17, 15) is 5.11 Å². The minimum atomic E-state index is -0.399. The average Bonchev–Trinajstić information content (AvgIpc) is 2.14. The van der Waals surface area contributed by atoms with E-state index in [1.54, 1.807) is 0 Å². The van der Waals surface area contributed by atoms with Gasteiger partial charge in [-0.25, -0.2) is 0 Å². The van der Waals surface area contributed by atoms with E-state index < -0.39 is 5.60 Å². The molecule has 0 aliphatic carbocycles. The first kappa shape index (κ1) is 10.4. The quantitative estimate of drug-likeness (QED) is 0.609. The van der Waals surface area contributed by atoms with E-state index in [1.807, 2.05) is 0 Å². The van der Waals surface area contributed by atoms with Gasteiger partial charge in [-0.2, -0.15) is 0 Å². The van der Waals surface area contributed by atoms with Crippen molar-refractivity contribution in [3.63, 3.8) is 0 Å². The number of nitrogens with zero attached hydrogens (tertiary/aromatic N) is 2. The van der Waals surface area contributed by atoms with Gasteiger partial charge >= 0.3 is 0 Å². The normalized spacial score (nSPS) is 28.7. The molecule has 0 amide bonds. The van der Waals surface area contributed by atoms with Crippen molar-refractivity contribution in [2.24, 2.45) is 0 Å². The van der Waals surface area contributed by atoms with E-state index in [4.69, 9.17) is 0 Å². The monoisotopic (exact) mass is 199 g/mol. The molecule has 0 radical (unpaired) electrons. The fourth-order valence-corrected chi connectivity index (χ4v) is 2.03. The molecular formula is C10H21N3O. The predicted molar refractivity (Wildman–Crippen MR) is 56.4 cm³/mol. The number of hydrogen-bond donors (Lipinski definition) is 2. The average molecular weight is 199 g/mol. The van der Waals surface area contributed by atoms with E-state index in [2.05, 4.69) is 22.2 Å². The first-order chi connectivity index (χ1) is 6.68. The van der Waals surface area contributed by atoms with Crippen molar-refractivity contribution < 1.29 is 5.11 Å². The molecule has 0 saturated carbocycles. The Bertz CT molecular complexity index is 186. The van der Waals surface area contributed by atoms with Crippen LogP contribution in [0, 0.1) is 0 Å². The van der Waals surface area contributed by atoms with Gasteiger partial charge in [0.05, 0.1) is 5.60 Å². The zero-order chi connectivity index (χ0) is 10.0. The Balaban J connectivity index is 1.65. The van der Waals surface area contributed by atoms with E-state index in [-0.39, 0.29) is 0 Å². The molecule has 0 aromatic carbocycles. The van der Waals surface area contributed by atoms with E-state index in [1.165, 1.54) is 0 Å². The summed E-state index contributed by atoms with van der Waals surface area (Å²) < 4.78 is 0. The number of rotatable bonds is 3. The summed E-state index contributed by atoms with van der Waals surface area (Å²) >= 11 is 0. The third kappa shape index (κ3) is 2.45. The van der Waals surface area contributed by atoms with Crippen LogP contribution in [0.5, 0.6) is 0 Å². The van der Waals surface area contributed by atoms with Crippen molar-refractivity contribution >= 4 is 0 Å². The van der Waals surface area contributed by atoms with Crippen LogP contribution in [0.2, 0.25) is 0 Å². The fourth-order valence-electron chi connectivity index (χ4n) is 2.03. The van der Waals surface area contributed by atoms with Gasteiger partial charge in [0, 0.05) is 45.8 Å². The van der Waals surface area contributed by atoms with Crippen molar-refractivity contribution in [1.82, 2.24) is 15.1 Å². The highest BCUT2D eigenvalue weighted by Gasteiger charge is 2.34. The Labute approximate surface area is 85.9 Å². The molecule has 0 atom stereocenters. The summed E-state index contributed by atoms with van der Waals surface area (Å²) in [7, 11) is 2.17. The Hall–Kier alpha value is -0.160. The van der Waals surface area contributed by atoms with Crippen LogP contribution in [0.15, 0.2) is 0 Å². The first-order valence-electron chi connectivity index (χ1n) is 5.52. The Morgan fingerprint density at radius 2 is 1.86 bits per heavy atom. The molecule has 0 spiro atoms. The molecular weight excluding hydrogens is 178 g/mol. The highest BCUT2D eigenvalue weighted by Crippen LogP contribution is 2.16. The maximum Gasteiger partial charge on any atom is 0.0907 e. The van der Waals surface area contributed by atoms with Crippen LogP contribution in [0.25, 0.3) is 0 Å². The van der Waals surface area contributed by atoms with Gasteiger partial charge in [-0.05, 0) is 13.5 Å². The van der Waals surface area contributed by atoms with Crippen molar-refractivity contribution in [3.8, 4) is 0 Å². The molecule has 0 unspecified atom stereocenters. The van der Waals surface area contributed by atoms with Crippen LogP contribution in [0.3, 0.4) is 0 Å². The second kappa shape index (κ2) is 4.14. The molecule has 2 saturated heterocycles. The molecule has 0 aromatic rings. The second-order valence-electron chi connectivity index (χ2n) is 4.72. The number of hydrogen-bond acceptors (Lipinski definition) is 4. The van der Waals surface area contributed by atoms with Gasteiger partial charge in [-0.15, -0.1) is 0 Å². The Morgan fingerprint density at radius 1 is 1.21 bits per heavy atom. The predicted octanol–water partition coefficient (Wildman–Crippen LogP) is -1.04. The van der Waals surface area contributed by atoms with E-state index >= 15 is 0 Å². The van der Waals surface area contributed by atoms with E-state index in [0.29, 0.717) is 0 Å². The molecule has 2 aliphatic heterocycles. The van der Waals surface area contributed by atoms with Gasteiger partial charge in [0.25, 0.3) is 0 Å². The van der Waals surface area contributed by atoms with Crippen molar-refractivity contribution in [2.75, 3.05) is 52.9 Å². The highest BCUT2D eigenvalue weighted by molar-refractivity contribution is 4.93. The van der Waals surface area contributed by atoms with Crippen molar-refractivity contribution in [3.05, 3.63) is 0 Å². The largest absolute Gasteiger partial charge is 0.387 e. The minimum absolute atomic E-state index is 0.399. The van der Waals surface area contributed by atoms with Crippen LogP contribution in [0.1, 0.15) is 6.42 Å². The SMILES string of the molecule is CN1CCN(CCC2(O)CNC2)CC1. The molecule has 0 aromatic heterocycles. The molecule has 4 heteroatoms. The molecule has 4 nitrogen and oxygen atoms in total. The molecule has 2 fully saturated rings. The van der Waals surface area contributed by atoms with Crippen LogP contribution < -0.4 is 5.32 Å². The van der Waals surface area contributed by atoms with Gasteiger partial charge in [0.1, 0.15) is 0 Å². The van der Waals surface area contributed by atoms with Gasteiger partial charge < -0.3 is 20.2 Å². The summed E-state index contributed by atoms with van der Waals surface area (Å²) in [6.45, 7) is 7.24. The summed E-state index contributed by atoms with van der Waals surface area (Å²) in [4.78, 5) is 4.81. The molecule has 2 heterocycles. The zero-order valence-corrected chi connectivity index (χ0v) is 9.00. The number of β-amino-alcohol motifs (C(OH)–C–C–N with tert-alkyl or cyclic N) is 1. The highest BCUT2D eigenvalue weighted by atomic mass is 16.3. The summed E-state index contributed by atoms with van der Waals surface area (Å²) in [6, 6.07) is 0. The maximum atomic E-state index is 9.89. The number of piperazine rings is 1. The van der Waals surface area contributed by atoms with Crippen LogP contribution in [0.4, 0.5) is 0 Å². The van der Waals surface area contributed by atoms with Gasteiger partial charge in [0.2, 0.25) is 0 Å².